The van der Waals surface area contributed by atoms with Crippen LogP contribution in [0.5, 0.6) is 11.5 Å². The monoisotopic (exact) mass is 1080 g/mol. The third-order valence-corrected chi connectivity index (χ3v) is 13.8. The van der Waals surface area contributed by atoms with E-state index in [4.69, 9.17) is 14.7 Å². The number of hydrogen-bond acceptors (Lipinski definition) is 5. The molecule has 69 heavy (non-hydrogen) atoms. The van der Waals surface area contributed by atoms with E-state index in [2.05, 4.69) is 243 Å². The predicted molar refractivity (Wildman–Crippen MR) is 281 cm³/mol. The Morgan fingerprint density at radius 2 is 1.26 bits per heavy atom. The fourth-order valence-electron chi connectivity index (χ4n) is 10.4. The van der Waals surface area contributed by atoms with Gasteiger partial charge in [0.05, 0.1) is 0 Å². The Labute approximate surface area is 422 Å². The summed E-state index contributed by atoms with van der Waals surface area (Å²) in [5, 5.41) is 2.21. The van der Waals surface area contributed by atoms with Crippen molar-refractivity contribution in [3.63, 3.8) is 0 Å². The van der Waals surface area contributed by atoms with Crippen LogP contribution in [0.2, 0.25) is 0 Å². The summed E-state index contributed by atoms with van der Waals surface area (Å²) in [6.07, 6.45) is 1.91. The van der Waals surface area contributed by atoms with Gasteiger partial charge in [0.1, 0.15) is 5.82 Å². The quantitative estimate of drug-likeness (QED) is 0.155. The fourth-order valence-corrected chi connectivity index (χ4v) is 10.4. The summed E-state index contributed by atoms with van der Waals surface area (Å²) in [5.41, 5.74) is 15.6. The van der Waals surface area contributed by atoms with Crippen LogP contribution in [0.25, 0.3) is 49.9 Å². The minimum Gasteiger partial charge on any atom is -0.507 e. The van der Waals surface area contributed by atoms with Crippen molar-refractivity contribution in [2.24, 2.45) is 0 Å². The molecule has 0 atom stereocenters. The van der Waals surface area contributed by atoms with Crippen molar-refractivity contribution in [1.82, 2.24) is 14.5 Å². The van der Waals surface area contributed by atoms with Crippen molar-refractivity contribution < 1.29 is 25.8 Å². The van der Waals surface area contributed by atoms with Crippen molar-refractivity contribution >= 4 is 44.6 Å². The first-order valence-corrected chi connectivity index (χ1v) is 23.8. The van der Waals surface area contributed by atoms with Gasteiger partial charge in [0, 0.05) is 77.9 Å². The van der Waals surface area contributed by atoms with Crippen LogP contribution in [0.4, 0.5) is 22.7 Å². The van der Waals surface area contributed by atoms with Crippen molar-refractivity contribution in [3.8, 4) is 39.6 Å². The number of hydrogen-bond donors (Lipinski definition) is 0. The molecule has 3 aromatic heterocycles. The van der Waals surface area contributed by atoms with Gasteiger partial charge >= 0.3 is 0 Å². The van der Waals surface area contributed by atoms with Gasteiger partial charge in [-0.1, -0.05) is 184 Å². The molecule has 0 N–H and O–H groups in total. The Hall–Kier alpha value is -6.49. The number of para-hydroxylation sites is 3. The topological polar surface area (TPSA) is 46.4 Å². The molecule has 0 radical (unpaired) electrons. The molecule has 4 heterocycles. The predicted octanol–water partition coefficient (Wildman–Crippen LogP) is 16.2. The van der Waals surface area contributed by atoms with Crippen LogP contribution in [0, 0.1) is 18.8 Å². The van der Waals surface area contributed by atoms with Crippen molar-refractivity contribution in [2.45, 2.75) is 97.8 Å². The summed E-state index contributed by atoms with van der Waals surface area (Å²) in [4.78, 5) is 15.2. The van der Waals surface area contributed by atoms with Crippen LogP contribution >= 0.6 is 0 Å². The van der Waals surface area contributed by atoms with E-state index in [-0.39, 0.29) is 42.7 Å². The van der Waals surface area contributed by atoms with Crippen molar-refractivity contribution in [1.29, 1.82) is 0 Å². The molecule has 6 nitrogen and oxygen atoms in total. The molecule has 7 heteroatoms. The largest absolute Gasteiger partial charge is 0.507 e. The maximum Gasteiger partial charge on any atom is 0.135 e. The first-order valence-electron chi connectivity index (χ1n) is 23.8. The minimum atomic E-state index is -0.380. The molecule has 0 saturated carbocycles. The summed E-state index contributed by atoms with van der Waals surface area (Å²) in [7, 11) is 0. The smallest absolute Gasteiger partial charge is 0.135 e. The zero-order valence-corrected chi connectivity index (χ0v) is 43.7. The van der Waals surface area contributed by atoms with E-state index in [1.165, 1.54) is 33.4 Å². The molecule has 0 amide bonds. The van der Waals surface area contributed by atoms with Crippen LogP contribution in [0.1, 0.15) is 104 Å². The summed E-state index contributed by atoms with van der Waals surface area (Å²) in [6, 6.07) is 57.7. The normalized spacial score (nSPS) is 14.2. The first kappa shape index (κ1) is 46.2. The minimum absolute atomic E-state index is 0. The maximum absolute atomic E-state index is 7.11. The third-order valence-electron chi connectivity index (χ3n) is 13.8. The molecule has 0 spiro atoms. The summed E-state index contributed by atoms with van der Waals surface area (Å²) >= 11 is 0. The van der Waals surface area contributed by atoms with Crippen molar-refractivity contribution in [2.75, 3.05) is 9.80 Å². The summed E-state index contributed by atoms with van der Waals surface area (Å²) in [5.74, 6) is 1.99. The maximum atomic E-state index is 7.11. The second kappa shape index (κ2) is 16.6. The molecular formula is C62H58N5OPt-3. The molecule has 350 valence electrons. The van der Waals surface area contributed by atoms with Crippen LogP contribution in [-0.2, 0) is 42.7 Å². The van der Waals surface area contributed by atoms with Gasteiger partial charge in [-0.15, -0.1) is 30.3 Å². The Morgan fingerprint density at radius 1 is 0.594 bits per heavy atom. The second-order valence-electron chi connectivity index (χ2n) is 22.1. The first-order chi connectivity index (χ1) is 32.4. The zero-order valence-electron chi connectivity index (χ0n) is 41.4. The third kappa shape index (κ3) is 7.67. The molecule has 9 aromatic rings. The van der Waals surface area contributed by atoms with E-state index < -0.39 is 0 Å². The Morgan fingerprint density at radius 3 is 1.99 bits per heavy atom. The number of anilines is 4. The zero-order chi connectivity index (χ0) is 47.5. The summed E-state index contributed by atoms with van der Waals surface area (Å²) < 4.78 is 9.32. The van der Waals surface area contributed by atoms with Crippen molar-refractivity contribution in [3.05, 3.63) is 193 Å². The second-order valence-corrected chi connectivity index (χ2v) is 22.1. The van der Waals surface area contributed by atoms with E-state index in [9.17, 15) is 0 Å². The Kier molecular flexibility index (Phi) is 11.1. The van der Waals surface area contributed by atoms with Crippen LogP contribution in [0.3, 0.4) is 0 Å². The van der Waals surface area contributed by atoms with Gasteiger partial charge in [-0.2, -0.15) is 6.07 Å². The molecule has 0 fully saturated rings. The van der Waals surface area contributed by atoms with Crippen LogP contribution < -0.4 is 14.5 Å². The van der Waals surface area contributed by atoms with Crippen LogP contribution in [-0.4, -0.2) is 14.5 Å². The van der Waals surface area contributed by atoms with E-state index in [1.807, 2.05) is 12.3 Å². The van der Waals surface area contributed by atoms with E-state index in [1.54, 1.807) is 0 Å². The SMILES string of the molecule is CC(C)(C)c1ccnc(-n2c3[c-]c(Oc4[c-]c(N5[CH-]N(c6c(-c7ccccc7)ccc7c6-c6ccccc6C7(C)C)c6ccccc65)c(C(C)(C)C)nc4C(C)(C)C)ccc3c3ccccc32)c1.[Pt]. The molecule has 11 rings (SSSR count). The van der Waals surface area contributed by atoms with E-state index >= 15 is 0 Å². The molecule has 1 aliphatic carbocycles. The average Bonchev–Trinajstić information content (AvgIpc) is 3.93. The number of aromatic nitrogens is 3. The molecule has 0 saturated heterocycles. The molecule has 2 aliphatic rings. The fraction of sp³-hybridized carbons (Fsp3) is 0.242. The number of pyridine rings is 2. The summed E-state index contributed by atoms with van der Waals surface area (Å²) in [6.45, 7) is 26.9. The van der Waals surface area contributed by atoms with Gasteiger partial charge in [0.2, 0.25) is 0 Å². The molecule has 1 aliphatic heterocycles. The standard InChI is InChI=1S/C62H58N5O.Pt/c1-59(2,3)40-33-34-63-54(35-40)67-48-26-18-16-23-43(48)44-30-29-41(36-51(44)67)68-53-37-52(57(60(4,5)6)64-58(53)61(7,8)9)65-38-66(50-28-20-19-27-49(50)65)56-42(39-21-13-12-14-22-39)31-32-47-55(56)45-24-15-17-25-46(45)62(47,10)11;/h12-35,38H,1-11H3;/q-3;. The number of ether oxygens (including phenoxy) is 1. The Bertz CT molecular complexity index is 3460. The number of fused-ring (bicyclic) bond motifs is 7. The van der Waals surface area contributed by atoms with Gasteiger partial charge in [-0.3, -0.25) is 0 Å². The number of nitrogens with zero attached hydrogens (tertiary/aromatic N) is 5. The van der Waals surface area contributed by atoms with E-state index in [0.717, 1.165) is 67.3 Å². The van der Waals surface area contributed by atoms with Gasteiger partial charge in [-0.05, 0) is 91.2 Å². The molecule has 0 bridgehead atoms. The molecular weight excluding hydrogens is 1030 g/mol. The van der Waals surface area contributed by atoms with Gasteiger partial charge in [0.15, 0.2) is 0 Å². The van der Waals surface area contributed by atoms with Gasteiger partial charge in [0.25, 0.3) is 0 Å². The molecule has 6 aromatic carbocycles. The number of rotatable bonds is 6. The van der Waals surface area contributed by atoms with Gasteiger partial charge in [-0.25, -0.2) is 4.98 Å². The Balaban J connectivity index is 0.00000553. The molecule has 0 unspecified atom stereocenters. The number of benzene rings is 6. The van der Waals surface area contributed by atoms with Gasteiger partial charge < -0.3 is 24.1 Å². The van der Waals surface area contributed by atoms with E-state index in [0.29, 0.717) is 11.5 Å². The van der Waals surface area contributed by atoms with Crippen LogP contribution in [0.15, 0.2) is 146 Å². The average molecular weight is 1080 g/mol.